The van der Waals surface area contributed by atoms with Crippen LogP contribution in [0.1, 0.15) is 54.6 Å². The maximum Gasteiger partial charge on any atom is 0.256 e. The van der Waals surface area contributed by atoms with Crippen molar-refractivity contribution in [2.24, 2.45) is 0 Å². The van der Waals surface area contributed by atoms with Crippen LogP contribution >= 0.6 is 0 Å². The number of nitrogens with zero attached hydrogens (tertiary/aromatic N) is 1. The molecular formula is C25H30FNO4. The second-order valence-electron chi connectivity index (χ2n) is 8.36. The molecule has 31 heavy (non-hydrogen) atoms. The monoisotopic (exact) mass is 427 g/mol. The summed E-state index contributed by atoms with van der Waals surface area (Å²) in [7, 11) is 1.50. The second-order valence-corrected chi connectivity index (χ2v) is 8.36. The number of ether oxygens (including phenoxy) is 3. The summed E-state index contributed by atoms with van der Waals surface area (Å²) in [5.74, 6) is -0.359. The summed E-state index contributed by atoms with van der Waals surface area (Å²) in [6.45, 7) is 3.73. The molecule has 0 bridgehead atoms. The molecule has 2 atom stereocenters. The minimum absolute atomic E-state index is 0.0235. The molecule has 4 rings (SSSR count). The Morgan fingerprint density at radius 2 is 1.94 bits per heavy atom. The smallest absolute Gasteiger partial charge is 0.256 e. The first kappa shape index (κ1) is 21.8. The Kier molecular flexibility index (Phi) is 6.58. The lowest BCUT2D eigenvalue weighted by atomic mass is 9.80. The fourth-order valence-corrected chi connectivity index (χ4v) is 4.77. The molecule has 2 aromatic rings. The van der Waals surface area contributed by atoms with Crippen molar-refractivity contribution in [1.29, 1.82) is 0 Å². The van der Waals surface area contributed by atoms with Crippen LogP contribution in [0, 0.1) is 5.82 Å². The van der Waals surface area contributed by atoms with E-state index >= 15 is 0 Å². The summed E-state index contributed by atoms with van der Waals surface area (Å²) in [5, 5.41) is 0. The number of amides is 1. The van der Waals surface area contributed by atoms with E-state index < -0.39 is 5.82 Å². The van der Waals surface area contributed by atoms with E-state index in [-0.39, 0.29) is 29.3 Å². The molecule has 2 heterocycles. The van der Waals surface area contributed by atoms with Gasteiger partial charge in [0.15, 0.2) is 0 Å². The molecule has 2 unspecified atom stereocenters. The first-order chi connectivity index (χ1) is 15.0. The molecule has 166 valence electrons. The van der Waals surface area contributed by atoms with Crippen LogP contribution in [0.5, 0.6) is 5.75 Å². The Morgan fingerprint density at radius 3 is 2.61 bits per heavy atom. The number of methoxy groups -OCH3 is 1. The van der Waals surface area contributed by atoms with Crippen molar-refractivity contribution in [3.05, 3.63) is 65.5 Å². The minimum Gasteiger partial charge on any atom is -0.497 e. The molecule has 2 saturated heterocycles. The van der Waals surface area contributed by atoms with Gasteiger partial charge in [0.05, 0.1) is 30.5 Å². The van der Waals surface area contributed by atoms with Crippen LogP contribution in [-0.4, -0.2) is 49.3 Å². The number of rotatable bonds is 5. The van der Waals surface area contributed by atoms with Crippen molar-refractivity contribution in [3.63, 3.8) is 0 Å². The van der Waals surface area contributed by atoms with Crippen molar-refractivity contribution < 1.29 is 23.4 Å². The fraction of sp³-hybridized carbons (Fsp3) is 0.480. The van der Waals surface area contributed by atoms with E-state index in [1.54, 1.807) is 4.90 Å². The van der Waals surface area contributed by atoms with E-state index in [1.165, 1.54) is 25.3 Å². The first-order valence-corrected chi connectivity index (χ1v) is 11.0. The highest BCUT2D eigenvalue weighted by Gasteiger charge is 2.45. The average Bonchev–Trinajstić information content (AvgIpc) is 2.80. The van der Waals surface area contributed by atoms with Gasteiger partial charge in [-0.15, -0.1) is 0 Å². The summed E-state index contributed by atoms with van der Waals surface area (Å²) < 4.78 is 32.1. The second kappa shape index (κ2) is 9.37. The van der Waals surface area contributed by atoms with Crippen LogP contribution in [0.15, 0.2) is 48.5 Å². The highest BCUT2D eigenvalue weighted by Crippen LogP contribution is 2.44. The minimum atomic E-state index is -0.527. The number of hydrogen-bond acceptors (Lipinski definition) is 4. The Morgan fingerprint density at radius 1 is 1.19 bits per heavy atom. The van der Waals surface area contributed by atoms with Gasteiger partial charge in [0.25, 0.3) is 5.91 Å². The van der Waals surface area contributed by atoms with E-state index in [2.05, 4.69) is 12.1 Å². The molecule has 2 aromatic carbocycles. The van der Waals surface area contributed by atoms with Gasteiger partial charge in [-0.3, -0.25) is 4.79 Å². The van der Waals surface area contributed by atoms with E-state index in [0.717, 1.165) is 18.4 Å². The average molecular weight is 428 g/mol. The van der Waals surface area contributed by atoms with E-state index in [0.29, 0.717) is 38.3 Å². The number of piperidine rings is 1. The zero-order valence-corrected chi connectivity index (χ0v) is 18.2. The summed E-state index contributed by atoms with van der Waals surface area (Å²) >= 11 is 0. The standard InChI is InChI=1S/C25H30FNO4/c1-3-30-20-16-23(18-7-5-4-6-8-18)31-25(17-20)11-13-27(14-12-25)24(28)21-15-19(29-2)9-10-22(21)26/h4-10,15,20,23H,3,11-14,16-17H2,1-2H3. The van der Waals surface area contributed by atoms with Gasteiger partial charge in [-0.25, -0.2) is 4.39 Å². The maximum atomic E-state index is 14.3. The normalized spacial score (nSPS) is 23.0. The van der Waals surface area contributed by atoms with Crippen LogP contribution in [0.25, 0.3) is 0 Å². The number of carbonyl (C=O) groups is 1. The van der Waals surface area contributed by atoms with E-state index in [1.807, 2.05) is 25.1 Å². The fourth-order valence-electron chi connectivity index (χ4n) is 4.77. The summed E-state index contributed by atoms with van der Waals surface area (Å²) in [6, 6.07) is 14.5. The van der Waals surface area contributed by atoms with Gasteiger partial charge in [-0.1, -0.05) is 30.3 Å². The number of likely N-dealkylation sites (tertiary alicyclic amines) is 1. The third kappa shape index (κ3) is 4.75. The largest absolute Gasteiger partial charge is 0.497 e. The molecule has 0 saturated carbocycles. The van der Waals surface area contributed by atoms with E-state index in [4.69, 9.17) is 14.2 Å². The van der Waals surface area contributed by atoms with Crippen LogP contribution in [-0.2, 0) is 9.47 Å². The maximum absolute atomic E-state index is 14.3. The van der Waals surface area contributed by atoms with Crippen molar-refractivity contribution in [1.82, 2.24) is 4.90 Å². The van der Waals surface area contributed by atoms with Gasteiger partial charge >= 0.3 is 0 Å². The number of hydrogen-bond donors (Lipinski definition) is 0. The van der Waals surface area contributed by atoms with Gasteiger partial charge < -0.3 is 19.1 Å². The van der Waals surface area contributed by atoms with Crippen LogP contribution in [0.4, 0.5) is 4.39 Å². The SMILES string of the molecule is CCOC1CC(c2ccccc2)OC2(CCN(C(=O)c3cc(OC)ccc3F)CC2)C1. The van der Waals surface area contributed by atoms with E-state index in [9.17, 15) is 9.18 Å². The topological polar surface area (TPSA) is 48.0 Å². The van der Waals surface area contributed by atoms with Crippen molar-refractivity contribution in [2.75, 3.05) is 26.8 Å². The zero-order chi connectivity index (χ0) is 21.8. The Hall–Kier alpha value is -2.44. The van der Waals surface area contributed by atoms with Gasteiger partial charge in [0.2, 0.25) is 0 Å². The van der Waals surface area contributed by atoms with Gasteiger partial charge in [0, 0.05) is 32.5 Å². The lowest BCUT2D eigenvalue weighted by molar-refractivity contribution is -0.190. The van der Waals surface area contributed by atoms with Crippen molar-refractivity contribution >= 4 is 5.91 Å². The molecule has 0 N–H and O–H groups in total. The molecule has 6 heteroatoms. The molecule has 1 spiro atoms. The molecule has 2 aliphatic heterocycles. The first-order valence-electron chi connectivity index (χ1n) is 11.0. The quantitative estimate of drug-likeness (QED) is 0.690. The third-order valence-electron chi connectivity index (χ3n) is 6.41. The molecule has 0 radical (unpaired) electrons. The van der Waals surface area contributed by atoms with Crippen LogP contribution in [0.2, 0.25) is 0 Å². The molecule has 2 fully saturated rings. The lowest BCUT2D eigenvalue weighted by Crippen LogP contribution is -2.52. The molecule has 0 aromatic heterocycles. The molecule has 0 aliphatic carbocycles. The summed E-state index contributed by atoms with van der Waals surface area (Å²) in [6.07, 6.45) is 3.16. The van der Waals surface area contributed by atoms with Gasteiger partial charge in [-0.2, -0.15) is 0 Å². The van der Waals surface area contributed by atoms with Crippen LogP contribution in [0.3, 0.4) is 0 Å². The lowest BCUT2D eigenvalue weighted by Gasteiger charge is -2.48. The molecular weight excluding hydrogens is 397 g/mol. The van der Waals surface area contributed by atoms with Gasteiger partial charge in [0.1, 0.15) is 11.6 Å². The summed E-state index contributed by atoms with van der Waals surface area (Å²) in [5.41, 5.74) is 0.875. The Labute approximate surface area is 183 Å². The molecule has 2 aliphatic rings. The van der Waals surface area contributed by atoms with Gasteiger partial charge in [-0.05, 0) is 43.5 Å². The van der Waals surface area contributed by atoms with Crippen molar-refractivity contribution in [3.8, 4) is 5.75 Å². The zero-order valence-electron chi connectivity index (χ0n) is 18.2. The number of carbonyl (C=O) groups excluding carboxylic acids is 1. The van der Waals surface area contributed by atoms with Crippen molar-refractivity contribution in [2.45, 2.75) is 50.4 Å². The Balaban J connectivity index is 1.48. The molecule has 5 nitrogen and oxygen atoms in total. The highest BCUT2D eigenvalue weighted by molar-refractivity contribution is 5.95. The van der Waals surface area contributed by atoms with Crippen LogP contribution < -0.4 is 4.74 Å². The summed E-state index contributed by atoms with van der Waals surface area (Å²) in [4.78, 5) is 14.7. The number of benzene rings is 2. The third-order valence-corrected chi connectivity index (χ3v) is 6.41. The predicted molar refractivity (Wildman–Crippen MR) is 116 cm³/mol. The molecule has 1 amide bonds. The number of halogens is 1. The highest BCUT2D eigenvalue weighted by atomic mass is 19.1. The Bertz CT molecular complexity index is 896. The predicted octanol–water partition coefficient (Wildman–Crippen LogP) is 4.77.